The van der Waals surface area contributed by atoms with Gasteiger partial charge in [-0.05, 0) is 12.8 Å². The highest BCUT2D eigenvalue weighted by atomic mass is 32.2. The molecule has 0 unspecified atom stereocenters. The summed E-state index contributed by atoms with van der Waals surface area (Å²) in [5.74, 6) is -1.39. The van der Waals surface area contributed by atoms with E-state index in [1.165, 1.54) is 0 Å². The van der Waals surface area contributed by atoms with Gasteiger partial charge in [-0.15, -0.1) is 0 Å². The van der Waals surface area contributed by atoms with Gasteiger partial charge in [0.2, 0.25) is 0 Å². The normalized spacial score (nSPS) is 11.9. The van der Waals surface area contributed by atoms with Crippen molar-refractivity contribution in [3.05, 3.63) is 0 Å². The molecule has 19 heavy (non-hydrogen) atoms. The van der Waals surface area contributed by atoms with Crippen molar-refractivity contribution in [2.75, 3.05) is 18.8 Å². The van der Waals surface area contributed by atoms with Gasteiger partial charge in [-0.2, -0.15) is 8.42 Å². The van der Waals surface area contributed by atoms with Gasteiger partial charge in [-0.1, -0.05) is 0 Å². The summed E-state index contributed by atoms with van der Waals surface area (Å²) in [5, 5.41) is 10.7. The van der Waals surface area contributed by atoms with Crippen molar-refractivity contribution in [3.63, 3.8) is 0 Å². The van der Waals surface area contributed by atoms with Crippen LogP contribution in [0.5, 0.6) is 0 Å². The molecule has 9 N–H and O–H groups in total. The van der Waals surface area contributed by atoms with Crippen molar-refractivity contribution in [2.24, 2.45) is 17.2 Å². The first kappa shape index (κ1) is 19.9. The molecule has 0 rings (SSSR count). The second kappa shape index (κ2) is 10.5. The molecule has 0 aromatic carbocycles. The maximum Gasteiger partial charge on any atom is 0.320 e. The number of amides is 2. The minimum atomic E-state index is -3.80. The second-order valence-corrected chi connectivity index (χ2v) is 5.02. The third-order valence-corrected chi connectivity index (χ3v) is 2.44. The number of carboxylic acid groups (broad SMARTS) is 1. The highest BCUT2D eigenvalue weighted by Gasteiger charge is 2.09. The van der Waals surface area contributed by atoms with Crippen molar-refractivity contribution in [1.82, 2.24) is 5.32 Å². The summed E-state index contributed by atoms with van der Waals surface area (Å²) in [6.07, 6.45) is 0.839. The average molecular weight is 300 g/mol. The van der Waals surface area contributed by atoms with Gasteiger partial charge in [0.05, 0.1) is 5.75 Å². The quantitative estimate of drug-likeness (QED) is 0.222. The van der Waals surface area contributed by atoms with E-state index in [2.05, 4.69) is 5.32 Å². The summed E-state index contributed by atoms with van der Waals surface area (Å²) in [5.41, 5.74) is 14.7. The molecule has 0 aliphatic rings. The van der Waals surface area contributed by atoms with Crippen LogP contribution in [0.4, 0.5) is 4.79 Å². The second-order valence-electron chi connectivity index (χ2n) is 3.45. The molecule has 114 valence electrons. The highest BCUT2D eigenvalue weighted by molar-refractivity contribution is 7.85. The van der Waals surface area contributed by atoms with Crippen LogP contribution in [0, 0.1) is 0 Å². The third kappa shape index (κ3) is 19.1. The lowest BCUT2D eigenvalue weighted by atomic mass is 10.2. The Kier molecular flexibility index (Phi) is 11.0. The Labute approximate surface area is 111 Å². The summed E-state index contributed by atoms with van der Waals surface area (Å²) in [7, 11) is -3.80. The molecule has 0 spiro atoms. The Morgan fingerprint density at radius 3 is 2.11 bits per heavy atom. The summed E-state index contributed by atoms with van der Waals surface area (Å²) < 4.78 is 27.3. The van der Waals surface area contributed by atoms with Gasteiger partial charge in [0.25, 0.3) is 10.1 Å². The molecule has 0 aliphatic heterocycles. The zero-order chi connectivity index (χ0) is 15.5. The smallest absolute Gasteiger partial charge is 0.320 e. The lowest BCUT2D eigenvalue weighted by molar-refractivity contribution is -0.138. The van der Waals surface area contributed by atoms with Crippen molar-refractivity contribution in [2.45, 2.75) is 18.9 Å². The van der Waals surface area contributed by atoms with Crippen LogP contribution in [-0.2, 0) is 14.9 Å². The van der Waals surface area contributed by atoms with Crippen LogP contribution in [0.2, 0.25) is 0 Å². The maximum atomic E-state index is 10.2. The van der Waals surface area contributed by atoms with E-state index in [0.717, 1.165) is 0 Å². The number of hydrogen-bond donors (Lipinski definition) is 6. The SMILES string of the molecule is NC(=O)NCCC[C@H](N)C(=O)O.NCCS(=O)(=O)O. The number of hydrogen-bond acceptors (Lipinski definition) is 6. The van der Waals surface area contributed by atoms with Crippen molar-refractivity contribution in [1.29, 1.82) is 0 Å². The molecule has 11 heteroatoms. The van der Waals surface area contributed by atoms with Gasteiger partial charge in [0.1, 0.15) is 6.04 Å². The van der Waals surface area contributed by atoms with Gasteiger partial charge >= 0.3 is 12.0 Å². The zero-order valence-corrected chi connectivity index (χ0v) is 11.1. The Balaban J connectivity index is 0. The molecule has 0 saturated heterocycles. The molecule has 0 aromatic heterocycles. The number of nitrogens with one attached hydrogen (secondary N) is 1. The van der Waals surface area contributed by atoms with E-state index in [1.54, 1.807) is 0 Å². The van der Waals surface area contributed by atoms with Crippen LogP contribution in [0.15, 0.2) is 0 Å². The predicted octanol–water partition coefficient (Wildman–Crippen LogP) is -2.32. The van der Waals surface area contributed by atoms with E-state index >= 15 is 0 Å². The standard InChI is InChI=1S/C6H13N3O3.C2H7NO3S/c7-4(5(10)11)2-1-3-9-6(8)12;3-1-2-7(4,5)6/h4H,1-3,7H2,(H,10,11)(H3,8,9,12);1-3H2,(H,4,5,6)/t4-;/m0./s1. The van der Waals surface area contributed by atoms with E-state index < -0.39 is 28.2 Å². The van der Waals surface area contributed by atoms with Gasteiger partial charge in [-0.25, -0.2) is 4.79 Å². The third-order valence-electron chi connectivity index (χ3n) is 1.68. The van der Waals surface area contributed by atoms with E-state index in [9.17, 15) is 18.0 Å². The van der Waals surface area contributed by atoms with Crippen molar-refractivity contribution in [3.8, 4) is 0 Å². The van der Waals surface area contributed by atoms with Gasteiger partial charge < -0.3 is 27.6 Å². The van der Waals surface area contributed by atoms with Crippen LogP contribution in [0.3, 0.4) is 0 Å². The molecule has 0 aliphatic carbocycles. The monoisotopic (exact) mass is 300 g/mol. The summed E-state index contributed by atoms with van der Waals surface area (Å²) in [6.45, 7) is 0.329. The lowest BCUT2D eigenvalue weighted by Crippen LogP contribution is -2.33. The largest absolute Gasteiger partial charge is 0.480 e. The summed E-state index contributed by atoms with van der Waals surface area (Å²) in [6, 6.07) is -1.47. The molecule has 2 amide bonds. The molecule has 0 fully saturated rings. The first-order valence-corrected chi connectivity index (χ1v) is 6.88. The average Bonchev–Trinajstić information content (AvgIpc) is 2.22. The van der Waals surface area contributed by atoms with E-state index in [4.69, 9.17) is 26.9 Å². The number of nitrogens with two attached hydrogens (primary N) is 3. The number of carbonyl (C=O) groups is 2. The predicted molar refractivity (Wildman–Crippen MR) is 67.9 cm³/mol. The first-order valence-electron chi connectivity index (χ1n) is 5.27. The number of urea groups is 1. The van der Waals surface area contributed by atoms with Gasteiger partial charge in [0.15, 0.2) is 0 Å². The van der Waals surface area contributed by atoms with Crippen LogP contribution in [0.25, 0.3) is 0 Å². The fourth-order valence-corrected chi connectivity index (χ4v) is 1.10. The minimum absolute atomic E-state index is 0.0289. The number of rotatable bonds is 7. The minimum Gasteiger partial charge on any atom is -0.480 e. The van der Waals surface area contributed by atoms with Gasteiger partial charge in [0, 0.05) is 13.1 Å². The zero-order valence-electron chi connectivity index (χ0n) is 10.3. The van der Waals surface area contributed by atoms with Crippen LogP contribution >= 0.6 is 0 Å². The number of primary amides is 1. The van der Waals surface area contributed by atoms with E-state index in [0.29, 0.717) is 19.4 Å². The maximum absolute atomic E-state index is 10.2. The molecule has 0 radical (unpaired) electrons. The molecular formula is C8H20N4O6S. The molecule has 0 heterocycles. The number of carboxylic acids is 1. The van der Waals surface area contributed by atoms with Crippen LogP contribution in [0.1, 0.15) is 12.8 Å². The van der Waals surface area contributed by atoms with Crippen molar-refractivity contribution < 1.29 is 27.7 Å². The first-order chi connectivity index (χ1) is 8.60. The molecule has 10 nitrogen and oxygen atoms in total. The van der Waals surface area contributed by atoms with Crippen LogP contribution < -0.4 is 22.5 Å². The molecular weight excluding hydrogens is 280 g/mol. The molecule has 0 bridgehead atoms. The Hall–Kier alpha value is -1.43. The Bertz CT molecular complexity index is 371. The fraction of sp³-hybridized carbons (Fsp3) is 0.750. The van der Waals surface area contributed by atoms with Gasteiger partial charge in [-0.3, -0.25) is 9.35 Å². The lowest BCUT2D eigenvalue weighted by Gasteiger charge is -2.05. The summed E-state index contributed by atoms with van der Waals surface area (Å²) >= 11 is 0. The molecule has 0 saturated carbocycles. The summed E-state index contributed by atoms with van der Waals surface area (Å²) in [4.78, 5) is 20.3. The van der Waals surface area contributed by atoms with E-state index in [-0.39, 0.29) is 12.3 Å². The van der Waals surface area contributed by atoms with Crippen molar-refractivity contribution >= 4 is 22.1 Å². The molecule has 0 aromatic rings. The highest BCUT2D eigenvalue weighted by Crippen LogP contribution is 1.92. The topological polar surface area (TPSA) is 199 Å². The number of carbonyl (C=O) groups excluding carboxylic acids is 1. The fourth-order valence-electron chi connectivity index (χ4n) is 0.806. The van der Waals surface area contributed by atoms with Crippen LogP contribution in [-0.4, -0.2) is 55.0 Å². The molecule has 1 atom stereocenters. The Morgan fingerprint density at radius 1 is 1.32 bits per heavy atom. The Morgan fingerprint density at radius 2 is 1.84 bits per heavy atom. The number of aliphatic carboxylic acids is 1. The van der Waals surface area contributed by atoms with E-state index in [1.807, 2.05) is 0 Å².